The molecule has 3 N–H and O–H groups in total. The first kappa shape index (κ1) is 7.43. The predicted molar refractivity (Wildman–Crippen MR) is 40.6 cm³/mol. The van der Waals surface area contributed by atoms with Crippen LogP contribution < -0.4 is 11.3 Å². The number of rotatable bonds is 1. The number of hydrogen-bond donors (Lipinski definition) is 2. The molecule has 0 aliphatic carbocycles. The zero-order valence-electron chi connectivity index (χ0n) is 5.63. The summed E-state index contributed by atoms with van der Waals surface area (Å²) >= 11 is 1.48. The summed E-state index contributed by atoms with van der Waals surface area (Å²) in [5, 5.41) is 0. The van der Waals surface area contributed by atoms with E-state index in [-0.39, 0.29) is 5.91 Å². The Morgan fingerprint density at radius 1 is 2.00 bits per heavy atom. The highest BCUT2D eigenvalue weighted by molar-refractivity contribution is 8.04. The fraction of sp³-hybridized carbons (Fsp3) is 0.400. The van der Waals surface area contributed by atoms with E-state index >= 15 is 0 Å². The molecular formula is C5H9N3OS. The van der Waals surface area contributed by atoms with Crippen LogP contribution in [0.3, 0.4) is 0 Å². The Morgan fingerprint density at radius 2 is 2.70 bits per heavy atom. The maximum atomic E-state index is 10.8. The Balaban J connectivity index is 2.57. The van der Waals surface area contributed by atoms with Gasteiger partial charge in [-0.25, -0.2) is 5.84 Å². The lowest BCUT2D eigenvalue weighted by Crippen LogP contribution is -2.30. The largest absolute Gasteiger partial charge is 0.370 e. The standard InChI is InChI=1S/C5H9N3OS/c1-8-2-4(10-3-8)5(9)7-6/h2H,3,6H2,1H3,(H,7,9). The van der Waals surface area contributed by atoms with Crippen LogP contribution >= 0.6 is 11.8 Å². The number of amides is 1. The highest BCUT2D eigenvalue weighted by Crippen LogP contribution is 2.23. The van der Waals surface area contributed by atoms with E-state index < -0.39 is 0 Å². The molecule has 0 fully saturated rings. The molecule has 0 saturated carbocycles. The topological polar surface area (TPSA) is 58.4 Å². The van der Waals surface area contributed by atoms with E-state index in [0.717, 1.165) is 5.88 Å². The van der Waals surface area contributed by atoms with Gasteiger partial charge in [-0.05, 0) is 0 Å². The van der Waals surface area contributed by atoms with Gasteiger partial charge in [0.25, 0.3) is 5.91 Å². The van der Waals surface area contributed by atoms with Crippen molar-refractivity contribution in [2.45, 2.75) is 0 Å². The first-order valence-electron chi connectivity index (χ1n) is 2.80. The summed E-state index contributed by atoms with van der Waals surface area (Å²) in [4.78, 5) is 13.4. The smallest absolute Gasteiger partial charge is 0.273 e. The zero-order valence-corrected chi connectivity index (χ0v) is 6.44. The predicted octanol–water partition coefficient (Wildman–Crippen LogP) is -0.546. The number of nitrogens with one attached hydrogen (secondary N) is 1. The van der Waals surface area contributed by atoms with Crippen LogP contribution in [0.25, 0.3) is 0 Å². The number of nitrogens with two attached hydrogens (primary N) is 1. The molecule has 4 nitrogen and oxygen atoms in total. The molecule has 0 saturated heterocycles. The van der Waals surface area contributed by atoms with Crippen molar-refractivity contribution in [3.8, 4) is 0 Å². The van der Waals surface area contributed by atoms with Gasteiger partial charge in [-0.1, -0.05) is 11.8 Å². The fourth-order valence-corrected chi connectivity index (χ4v) is 1.50. The molecule has 1 aliphatic rings. The monoisotopic (exact) mass is 159 g/mol. The lowest BCUT2D eigenvalue weighted by atomic mass is 10.5. The molecule has 0 atom stereocenters. The van der Waals surface area contributed by atoms with Crippen molar-refractivity contribution < 1.29 is 4.79 Å². The van der Waals surface area contributed by atoms with Crippen molar-refractivity contribution in [1.82, 2.24) is 10.3 Å². The molecule has 0 aromatic rings. The van der Waals surface area contributed by atoms with Crippen molar-refractivity contribution in [3.05, 3.63) is 11.1 Å². The molecule has 0 aromatic carbocycles. The lowest BCUT2D eigenvalue weighted by Gasteiger charge is -2.01. The molecule has 0 aromatic heterocycles. The number of nitrogens with zero attached hydrogens (tertiary/aromatic N) is 1. The second-order valence-electron chi connectivity index (χ2n) is 2.00. The van der Waals surface area contributed by atoms with Crippen molar-refractivity contribution >= 4 is 17.7 Å². The normalized spacial score (nSPS) is 17.0. The molecule has 1 rings (SSSR count). The quantitative estimate of drug-likeness (QED) is 0.306. The average Bonchev–Trinajstić information content (AvgIpc) is 2.34. The Bertz CT molecular complexity index is 180. The molecule has 5 heteroatoms. The second kappa shape index (κ2) is 2.94. The molecule has 0 unspecified atom stereocenters. The maximum absolute atomic E-state index is 10.8. The first-order valence-corrected chi connectivity index (χ1v) is 3.78. The van der Waals surface area contributed by atoms with Gasteiger partial charge in [-0.15, -0.1) is 0 Å². The number of carbonyl (C=O) groups excluding carboxylic acids is 1. The van der Waals surface area contributed by atoms with Gasteiger partial charge in [0.15, 0.2) is 0 Å². The molecule has 1 amide bonds. The van der Waals surface area contributed by atoms with E-state index in [1.54, 1.807) is 6.20 Å². The van der Waals surface area contributed by atoms with Gasteiger partial charge in [0.05, 0.1) is 10.8 Å². The van der Waals surface area contributed by atoms with Crippen LogP contribution in [-0.2, 0) is 4.79 Å². The van der Waals surface area contributed by atoms with Gasteiger partial charge in [0.1, 0.15) is 0 Å². The molecule has 1 heterocycles. The van der Waals surface area contributed by atoms with Crippen LogP contribution in [0, 0.1) is 0 Å². The van der Waals surface area contributed by atoms with Crippen LogP contribution in [0.2, 0.25) is 0 Å². The summed E-state index contributed by atoms with van der Waals surface area (Å²) in [6, 6.07) is 0. The van der Waals surface area contributed by atoms with Crippen LogP contribution in [0.15, 0.2) is 11.1 Å². The fourth-order valence-electron chi connectivity index (χ4n) is 0.641. The van der Waals surface area contributed by atoms with Crippen molar-refractivity contribution in [2.75, 3.05) is 12.9 Å². The third-order valence-corrected chi connectivity index (χ3v) is 2.25. The number of hydrogen-bond acceptors (Lipinski definition) is 4. The van der Waals surface area contributed by atoms with Crippen LogP contribution in [-0.4, -0.2) is 23.7 Å². The van der Waals surface area contributed by atoms with Crippen LogP contribution in [0.5, 0.6) is 0 Å². The summed E-state index contributed by atoms with van der Waals surface area (Å²) < 4.78 is 0. The number of hydrazine groups is 1. The molecular weight excluding hydrogens is 150 g/mol. The van der Waals surface area contributed by atoms with Crippen LogP contribution in [0.1, 0.15) is 0 Å². The van der Waals surface area contributed by atoms with E-state index in [1.807, 2.05) is 11.9 Å². The molecule has 0 radical (unpaired) electrons. The SMILES string of the molecule is CN1C=C(C(=O)NN)SC1. The number of thioether (sulfide) groups is 1. The third-order valence-electron chi connectivity index (χ3n) is 1.12. The summed E-state index contributed by atoms with van der Waals surface area (Å²) in [5.74, 6) is 5.53. The van der Waals surface area contributed by atoms with Gasteiger partial charge in [-0.2, -0.15) is 0 Å². The Labute approximate surface area is 63.4 Å². The summed E-state index contributed by atoms with van der Waals surface area (Å²) in [6.07, 6.45) is 1.77. The van der Waals surface area contributed by atoms with Crippen LogP contribution in [0.4, 0.5) is 0 Å². The Hall–Kier alpha value is -0.680. The maximum Gasteiger partial charge on any atom is 0.273 e. The minimum absolute atomic E-state index is 0.214. The number of carbonyl (C=O) groups is 1. The minimum Gasteiger partial charge on any atom is -0.370 e. The van der Waals surface area contributed by atoms with Gasteiger partial charge < -0.3 is 4.90 Å². The second-order valence-corrected chi connectivity index (χ2v) is 2.98. The van der Waals surface area contributed by atoms with E-state index in [0.29, 0.717) is 4.91 Å². The van der Waals surface area contributed by atoms with Gasteiger partial charge >= 0.3 is 0 Å². The highest BCUT2D eigenvalue weighted by Gasteiger charge is 2.15. The zero-order chi connectivity index (χ0) is 7.56. The van der Waals surface area contributed by atoms with E-state index in [1.165, 1.54) is 11.8 Å². The molecule has 10 heavy (non-hydrogen) atoms. The minimum atomic E-state index is -0.214. The van der Waals surface area contributed by atoms with E-state index in [4.69, 9.17) is 5.84 Å². The molecule has 0 spiro atoms. The average molecular weight is 159 g/mol. The Morgan fingerprint density at radius 3 is 3.10 bits per heavy atom. The molecule has 0 bridgehead atoms. The van der Waals surface area contributed by atoms with Gasteiger partial charge in [-0.3, -0.25) is 10.2 Å². The van der Waals surface area contributed by atoms with Crippen molar-refractivity contribution in [2.24, 2.45) is 5.84 Å². The van der Waals surface area contributed by atoms with E-state index in [2.05, 4.69) is 5.43 Å². The van der Waals surface area contributed by atoms with Gasteiger partial charge in [0.2, 0.25) is 0 Å². The summed E-state index contributed by atoms with van der Waals surface area (Å²) in [5.41, 5.74) is 2.07. The summed E-state index contributed by atoms with van der Waals surface area (Å²) in [6.45, 7) is 0. The molecule has 56 valence electrons. The first-order chi connectivity index (χ1) is 4.74. The molecule has 1 aliphatic heterocycles. The van der Waals surface area contributed by atoms with Crippen molar-refractivity contribution in [3.63, 3.8) is 0 Å². The lowest BCUT2D eigenvalue weighted by molar-refractivity contribution is -0.116. The highest BCUT2D eigenvalue weighted by atomic mass is 32.2. The summed E-state index contributed by atoms with van der Waals surface area (Å²) in [7, 11) is 1.91. The van der Waals surface area contributed by atoms with Crippen molar-refractivity contribution in [1.29, 1.82) is 0 Å². The third kappa shape index (κ3) is 1.43. The van der Waals surface area contributed by atoms with Gasteiger partial charge in [0, 0.05) is 13.2 Å². The van der Waals surface area contributed by atoms with E-state index in [9.17, 15) is 4.79 Å². The Kier molecular flexibility index (Phi) is 2.18.